The molecule has 2 nitrogen and oxygen atoms in total. The van der Waals surface area contributed by atoms with E-state index in [0.29, 0.717) is 0 Å². The summed E-state index contributed by atoms with van der Waals surface area (Å²) in [5.41, 5.74) is 1.34. The summed E-state index contributed by atoms with van der Waals surface area (Å²) in [7, 11) is 0. The van der Waals surface area contributed by atoms with Gasteiger partial charge in [-0.2, -0.15) is 0 Å². The van der Waals surface area contributed by atoms with Crippen molar-refractivity contribution >= 4 is 5.91 Å². The monoisotopic (exact) mass is 167 g/mol. The van der Waals surface area contributed by atoms with Gasteiger partial charge in [-0.05, 0) is 19.3 Å². The van der Waals surface area contributed by atoms with Gasteiger partial charge < -0.3 is 5.32 Å². The number of carbonyl (C=O) groups is 1. The van der Waals surface area contributed by atoms with Crippen LogP contribution >= 0.6 is 0 Å². The third kappa shape index (κ3) is 3.37. The second-order valence-corrected chi connectivity index (χ2v) is 2.99. The summed E-state index contributed by atoms with van der Waals surface area (Å²) in [5, 5.41) is 2.78. The van der Waals surface area contributed by atoms with E-state index in [1.54, 1.807) is 6.92 Å². The zero-order chi connectivity index (χ0) is 8.81. The van der Waals surface area contributed by atoms with Gasteiger partial charge in [0.2, 0.25) is 5.91 Å². The quantitative estimate of drug-likeness (QED) is 0.684. The Morgan fingerprint density at radius 2 is 2.50 bits per heavy atom. The minimum Gasteiger partial charge on any atom is -0.356 e. The largest absolute Gasteiger partial charge is 0.356 e. The van der Waals surface area contributed by atoms with Crippen molar-refractivity contribution in [3.63, 3.8) is 0 Å². The van der Waals surface area contributed by atoms with Gasteiger partial charge in [-0.1, -0.05) is 23.8 Å². The van der Waals surface area contributed by atoms with Crippen LogP contribution in [0.2, 0.25) is 0 Å². The molecule has 1 aliphatic rings. The molecule has 12 heavy (non-hydrogen) atoms. The van der Waals surface area contributed by atoms with Crippen molar-refractivity contribution in [3.8, 4) is 0 Å². The Morgan fingerprint density at radius 1 is 1.67 bits per heavy atom. The van der Waals surface area contributed by atoms with E-state index in [0.717, 1.165) is 25.8 Å². The first-order valence-electron chi connectivity index (χ1n) is 4.39. The Morgan fingerprint density at radius 3 is 3.08 bits per heavy atom. The molecule has 0 atom stereocenters. The second kappa shape index (κ2) is 4.75. The molecule has 0 unspecified atom stereocenters. The first kappa shape index (κ1) is 9.04. The van der Waals surface area contributed by atoms with Crippen molar-refractivity contribution in [2.45, 2.75) is 26.2 Å². The molecule has 0 aromatic carbocycles. The molecule has 1 rings (SSSR count). The van der Waals surface area contributed by atoms with Crippen molar-refractivity contribution in [2.75, 3.05) is 6.54 Å². The predicted octanol–water partition coefficient (Wildman–Crippen LogP) is 2.04. The number of hydrogen-bond donors (Lipinski definition) is 1. The Kier molecular flexibility index (Phi) is 3.58. The zero-order valence-corrected chi connectivity index (χ0v) is 7.47. The lowest BCUT2D eigenvalue weighted by molar-refractivity contribution is -0.118. The summed E-state index contributed by atoms with van der Waals surface area (Å²) in [6, 6.07) is 0. The van der Waals surface area contributed by atoms with Gasteiger partial charge in [0.25, 0.3) is 0 Å². The molecule has 1 aliphatic carbocycles. The topological polar surface area (TPSA) is 29.1 Å². The zero-order valence-electron chi connectivity index (χ0n) is 7.47. The highest BCUT2D eigenvalue weighted by molar-refractivity contribution is 5.72. The molecule has 0 aliphatic heterocycles. The number of allylic oxidation sites excluding steroid dienone is 3. The normalized spacial score (nSPS) is 15.6. The van der Waals surface area contributed by atoms with Crippen molar-refractivity contribution in [3.05, 3.63) is 23.8 Å². The van der Waals surface area contributed by atoms with Crippen LogP contribution in [-0.4, -0.2) is 12.5 Å². The average Bonchev–Trinajstić information content (AvgIpc) is 2.05. The minimum absolute atomic E-state index is 0. The third-order valence-electron chi connectivity index (χ3n) is 1.86. The lowest BCUT2D eigenvalue weighted by Crippen LogP contribution is -2.21. The van der Waals surface area contributed by atoms with E-state index in [1.807, 2.05) is 0 Å². The molecule has 1 amide bonds. The Labute approximate surface area is 74.8 Å². The number of rotatable bonds is 3. The molecule has 0 fully saturated rings. The summed E-state index contributed by atoms with van der Waals surface area (Å²) < 4.78 is 0. The molecule has 0 radical (unpaired) electrons. The van der Waals surface area contributed by atoms with Gasteiger partial charge >= 0.3 is 0 Å². The van der Waals surface area contributed by atoms with Gasteiger partial charge in [0, 0.05) is 14.9 Å². The van der Waals surface area contributed by atoms with Gasteiger partial charge in [0.05, 0.1) is 0 Å². The fourth-order valence-corrected chi connectivity index (χ4v) is 1.24. The van der Waals surface area contributed by atoms with Gasteiger partial charge in [0.1, 0.15) is 0 Å². The molecule has 0 bridgehead atoms. The highest BCUT2D eigenvalue weighted by Crippen LogP contribution is 2.11. The molecule has 0 spiro atoms. The summed E-state index contributed by atoms with van der Waals surface area (Å²) in [6.07, 6.45) is 9.82. The van der Waals surface area contributed by atoms with Gasteiger partial charge in [0.15, 0.2) is 0 Å². The van der Waals surface area contributed by atoms with E-state index in [-0.39, 0.29) is 7.33 Å². The number of nitrogens with one attached hydrogen (secondary N) is 1. The first-order valence-corrected chi connectivity index (χ1v) is 4.39. The molecular formula is C10H17NO. The Balaban J connectivity index is 0.00000144. The highest BCUT2D eigenvalue weighted by Gasteiger charge is 1.97. The van der Waals surface area contributed by atoms with Crippen molar-refractivity contribution in [2.24, 2.45) is 0 Å². The van der Waals surface area contributed by atoms with Crippen LogP contribution in [0.1, 0.15) is 27.6 Å². The maximum Gasteiger partial charge on any atom is 0.216 e. The maximum atomic E-state index is 10.5. The number of carbonyl (C=O) groups excluding carboxylic acids is 1. The van der Waals surface area contributed by atoms with Gasteiger partial charge in [-0.25, -0.2) is 0 Å². The van der Waals surface area contributed by atoms with Crippen LogP contribution in [0.3, 0.4) is 0 Å². The van der Waals surface area contributed by atoms with E-state index in [4.69, 9.17) is 0 Å². The first-order chi connectivity index (χ1) is 5.79. The molecule has 2 heteroatoms. The maximum absolute atomic E-state index is 10.5. The summed E-state index contributed by atoms with van der Waals surface area (Å²) in [6.45, 7) is 2.30. The van der Waals surface area contributed by atoms with Crippen LogP contribution in [-0.2, 0) is 4.79 Å². The molecular weight excluding hydrogens is 150 g/mol. The van der Waals surface area contributed by atoms with Crippen molar-refractivity contribution in [1.29, 1.82) is 0 Å². The fraction of sp³-hybridized carbons (Fsp3) is 0.500. The molecule has 68 valence electrons. The van der Waals surface area contributed by atoms with Crippen molar-refractivity contribution < 1.29 is 6.22 Å². The van der Waals surface area contributed by atoms with Crippen LogP contribution in [0.15, 0.2) is 23.8 Å². The van der Waals surface area contributed by atoms with E-state index >= 15 is 0 Å². The Hall–Kier alpha value is -1.05. The second-order valence-electron chi connectivity index (χ2n) is 2.99. The van der Waals surface area contributed by atoms with Crippen LogP contribution in [0.5, 0.6) is 0 Å². The SMILES string of the molecule is CC(=O)NCCC1=CCCC=C1.[HH]. The molecule has 1 N–H and O–H groups in total. The number of amides is 1. The fourth-order valence-electron chi connectivity index (χ4n) is 1.24. The van der Waals surface area contributed by atoms with E-state index in [2.05, 4.69) is 23.5 Å². The summed E-state index contributed by atoms with van der Waals surface area (Å²) in [5.74, 6) is 0.0513. The van der Waals surface area contributed by atoms with Crippen molar-refractivity contribution in [1.82, 2.24) is 5.32 Å². The molecule has 0 aromatic heterocycles. The lowest BCUT2D eigenvalue weighted by atomic mass is 10.0. The van der Waals surface area contributed by atoms with Crippen LogP contribution in [0.4, 0.5) is 0 Å². The summed E-state index contributed by atoms with van der Waals surface area (Å²) in [4.78, 5) is 10.5. The van der Waals surface area contributed by atoms with E-state index in [1.165, 1.54) is 5.57 Å². The molecule has 0 saturated heterocycles. The van der Waals surface area contributed by atoms with Gasteiger partial charge in [-0.3, -0.25) is 4.79 Å². The molecule has 0 saturated carbocycles. The van der Waals surface area contributed by atoms with E-state index in [9.17, 15) is 4.79 Å². The van der Waals surface area contributed by atoms with Gasteiger partial charge in [-0.15, -0.1) is 0 Å². The van der Waals surface area contributed by atoms with Crippen LogP contribution in [0, 0.1) is 0 Å². The highest BCUT2D eigenvalue weighted by atomic mass is 16.1. The molecule has 0 heterocycles. The predicted molar refractivity (Wildman–Crippen MR) is 51.9 cm³/mol. The molecule has 0 aromatic rings. The Bertz CT molecular complexity index is 221. The van der Waals surface area contributed by atoms with E-state index < -0.39 is 0 Å². The smallest absolute Gasteiger partial charge is 0.216 e. The standard InChI is InChI=1S/C10H15NO.H2/c1-9(12)11-8-7-10-5-3-2-4-6-10;/h3,5-6H,2,4,7-8H2,1H3,(H,11,12);1H. The van der Waals surface area contributed by atoms with Crippen LogP contribution < -0.4 is 5.32 Å². The lowest BCUT2D eigenvalue weighted by Gasteiger charge is -2.06. The van der Waals surface area contributed by atoms with Crippen LogP contribution in [0.25, 0.3) is 0 Å². The third-order valence-corrected chi connectivity index (χ3v) is 1.86. The number of hydrogen-bond acceptors (Lipinski definition) is 1. The summed E-state index contributed by atoms with van der Waals surface area (Å²) >= 11 is 0. The minimum atomic E-state index is 0. The average molecular weight is 167 g/mol.